The van der Waals surface area contributed by atoms with Crippen LogP contribution in [0.15, 0.2) is 20.0 Å². The summed E-state index contributed by atoms with van der Waals surface area (Å²) in [6.45, 7) is 3.48. The van der Waals surface area contributed by atoms with E-state index in [0.717, 1.165) is 25.8 Å². The Morgan fingerprint density at radius 3 is 2.83 bits per heavy atom. The van der Waals surface area contributed by atoms with E-state index in [1.165, 1.54) is 0 Å². The minimum Gasteiger partial charge on any atom is -0.452 e. The summed E-state index contributed by atoms with van der Waals surface area (Å²) in [7, 11) is -3.46. The standard InChI is InChI=1S/C11H17BrN2O3S/c1-2-5-13-7-9-6-10(11(12)17-9)18(15,16)14-8-3-4-8/h6,8,13-14H,2-5,7H2,1H3. The Hall–Kier alpha value is -0.370. The average molecular weight is 337 g/mol. The van der Waals surface area contributed by atoms with Crippen LogP contribution in [0, 0.1) is 0 Å². The molecule has 1 heterocycles. The van der Waals surface area contributed by atoms with Gasteiger partial charge in [0.1, 0.15) is 10.7 Å². The van der Waals surface area contributed by atoms with Gasteiger partial charge in [0.15, 0.2) is 4.67 Å². The Morgan fingerprint density at radius 1 is 1.50 bits per heavy atom. The Balaban J connectivity index is 2.07. The van der Waals surface area contributed by atoms with Crippen LogP contribution in [0.25, 0.3) is 0 Å². The van der Waals surface area contributed by atoms with Gasteiger partial charge in [-0.05, 0) is 41.7 Å². The van der Waals surface area contributed by atoms with Crippen LogP contribution in [0.1, 0.15) is 31.9 Å². The molecule has 1 aromatic heterocycles. The van der Waals surface area contributed by atoms with Gasteiger partial charge in [-0.2, -0.15) is 0 Å². The highest BCUT2D eigenvalue weighted by Crippen LogP contribution is 2.28. The Kier molecular flexibility index (Phi) is 4.47. The van der Waals surface area contributed by atoms with Gasteiger partial charge in [-0.25, -0.2) is 13.1 Å². The van der Waals surface area contributed by atoms with Crippen molar-refractivity contribution in [2.24, 2.45) is 0 Å². The SMILES string of the molecule is CCCNCc1cc(S(=O)(=O)NC2CC2)c(Br)o1. The quantitative estimate of drug-likeness (QED) is 0.747. The third-order valence-corrected chi connectivity index (χ3v) is 5.00. The normalized spacial score (nSPS) is 16.1. The summed E-state index contributed by atoms with van der Waals surface area (Å²) in [5, 5.41) is 3.17. The molecular weight excluding hydrogens is 320 g/mol. The molecule has 1 aromatic rings. The number of halogens is 1. The second-order valence-electron chi connectivity index (χ2n) is 4.42. The number of nitrogens with one attached hydrogen (secondary N) is 2. The summed E-state index contributed by atoms with van der Waals surface area (Å²) in [6, 6.07) is 1.66. The van der Waals surface area contributed by atoms with E-state index in [0.29, 0.717) is 12.3 Å². The maximum atomic E-state index is 12.0. The highest BCUT2D eigenvalue weighted by molar-refractivity contribution is 9.10. The summed E-state index contributed by atoms with van der Waals surface area (Å²) >= 11 is 3.16. The van der Waals surface area contributed by atoms with Crippen molar-refractivity contribution < 1.29 is 12.8 Å². The summed E-state index contributed by atoms with van der Waals surface area (Å²) in [4.78, 5) is 0.183. The second kappa shape index (κ2) is 5.73. The minimum absolute atomic E-state index is 0.0958. The molecule has 0 radical (unpaired) electrons. The van der Waals surface area contributed by atoms with Crippen molar-refractivity contribution in [2.75, 3.05) is 6.54 Å². The predicted molar refractivity (Wildman–Crippen MR) is 71.7 cm³/mol. The first kappa shape index (κ1) is 14.0. The number of sulfonamides is 1. The maximum absolute atomic E-state index is 12.0. The molecule has 0 atom stereocenters. The fourth-order valence-corrected chi connectivity index (χ4v) is 3.84. The van der Waals surface area contributed by atoms with Gasteiger partial charge in [0.05, 0.1) is 6.54 Å². The third kappa shape index (κ3) is 3.57. The van der Waals surface area contributed by atoms with E-state index in [9.17, 15) is 8.42 Å². The van der Waals surface area contributed by atoms with Crippen molar-refractivity contribution in [1.29, 1.82) is 0 Å². The zero-order chi connectivity index (χ0) is 13.2. The lowest BCUT2D eigenvalue weighted by Crippen LogP contribution is -2.25. The maximum Gasteiger partial charge on any atom is 0.245 e. The first-order valence-electron chi connectivity index (χ1n) is 6.04. The van der Waals surface area contributed by atoms with Crippen LogP contribution in [0.2, 0.25) is 0 Å². The molecule has 1 aliphatic rings. The van der Waals surface area contributed by atoms with Crippen molar-refractivity contribution in [3.63, 3.8) is 0 Å². The minimum atomic E-state index is -3.46. The van der Waals surface area contributed by atoms with Crippen molar-refractivity contribution in [1.82, 2.24) is 10.0 Å². The van der Waals surface area contributed by atoms with E-state index >= 15 is 0 Å². The molecule has 0 spiro atoms. The molecule has 0 aliphatic heterocycles. The smallest absolute Gasteiger partial charge is 0.245 e. The summed E-state index contributed by atoms with van der Waals surface area (Å²) in [5.74, 6) is 0.617. The van der Waals surface area contributed by atoms with Gasteiger partial charge >= 0.3 is 0 Å². The molecular formula is C11H17BrN2O3S. The highest BCUT2D eigenvalue weighted by Gasteiger charge is 2.30. The number of furan rings is 1. The molecule has 0 bridgehead atoms. The molecule has 18 heavy (non-hydrogen) atoms. The van der Waals surface area contributed by atoms with Crippen molar-refractivity contribution in [3.8, 4) is 0 Å². The van der Waals surface area contributed by atoms with Gasteiger partial charge in [-0.1, -0.05) is 6.92 Å². The Bertz CT molecular complexity index is 508. The number of hydrogen-bond donors (Lipinski definition) is 2. The lowest BCUT2D eigenvalue weighted by atomic mass is 10.4. The molecule has 0 amide bonds. The monoisotopic (exact) mass is 336 g/mol. The molecule has 0 saturated heterocycles. The molecule has 1 saturated carbocycles. The topological polar surface area (TPSA) is 71.3 Å². The fraction of sp³-hybridized carbons (Fsp3) is 0.636. The predicted octanol–water partition coefficient (Wildman–Crippen LogP) is 1.98. The third-order valence-electron chi connectivity index (χ3n) is 2.62. The van der Waals surface area contributed by atoms with Crippen LogP contribution in [-0.4, -0.2) is 21.0 Å². The first-order valence-corrected chi connectivity index (χ1v) is 8.32. The van der Waals surface area contributed by atoms with E-state index in [-0.39, 0.29) is 15.6 Å². The van der Waals surface area contributed by atoms with E-state index in [2.05, 4.69) is 32.9 Å². The highest BCUT2D eigenvalue weighted by atomic mass is 79.9. The van der Waals surface area contributed by atoms with Crippen LogP contribution in [0.5, 0.6) is 0 Å². The van der Waals surface area contributed by atoms with E-state index in [1.807, 2.05) is 0 Å². The Morgan fingerprint density at radius 2 is 2.22 bits per heavy atom. The zero-order valence-corrected chi connectivity index (χ0v) is 12.6. The van der Waals surface area contributed by atoms with Crippen LogP contribution in [-0.2, 0) is 16.6 Å². The molecule has 0 aromatic carbocycles. The number of hydrogen-bond acceptors (Lipinski definition) is 4. The van der Waals surface area contributed by atoms with Gasteiger partial charge in [-0.15, -0.1) is 0 Å². The van der Waals surface area contributed by atoms with Gasteiger partial charge in [0, 0.05) is 12.1 Å². The zero-order valence-electron chi connectivity index (χ0n) is 10.2. The van der Waals surface area contributed by atoms with Crippen LogP contribution in [0.4, 0.5) is 0 Å². The second-order valence-corrected chi connectivity index (χ2v) is 6.83. The lowest BCUT2D eigenvalue weighted by molar-refractivity contribution is 0.461. The fourth-order valence-electron chi connectivity index (χ4n) is 1.54. The largest absolute Gasteiger partial charge is 0.452 e. The van der Waals surface area contributed by atoms with Gasteiger partial charge < -0.3 is 9.73 Å². The van der Waals surface area contributed by atoms with Gasteiger partial charge in [-0.3, -0.25) is 0 Å². The first-order chi connectivity index (χ1) is 8.53. The van der Waals surface area contributed by atoms with Crippen LogP contribution >= 0.6 is 15.9 Å². The lowest BCUT2D eigenvalue weighted by Gasteiger charge is -2.01. The summed E-state index contributed by atoms with van der Waals surface area (Å²) in [5.41, 5.74) is 0. The molecule has 0 unspecified atom stereocenters. The number of rotatable bonds is 7. The van der Waals surface area contributed by atoms with Gasteiger partial charge in [0.2, 0.25) is 10.0 Å². The van der Waals surface area contributed by atoms with E-state index in [1.54, 1.807) is 6.07 Å². The van der Waals surface area contributed by atoms with Gasteiger partial charge in [0.25, 0.3) is 0 Å². The molecule has 1 aliphatic carbocycles. The molecule has 5 nitrogen and oxygen atoms in total. The summed E-state index contributed by atoms with van der Waals surface area (Å²) < 4.78 is 32.3. The van der Waals surface area contributed by atoms with Crippen molar-refractivity contribution in [3.05, 3.63) is 16.5 Å². The molecule has 102 valence electrons. The summed E-state index contributed by atoms with van der Waals surface area (Å²) in [6.07, 6.45) is 2.86. The van der Waals surface area contributed by atoms with E-state index in [4.69, 9.17) is 4.42 Å². The van der Waals surface area contributed by atoms with Crippen molar-refractivity contribution >= 4 is 26.0 Å². The molecule has 7 heteroatoms. The van der Waals surface area contributed by atoms with Crippen LogP contribution < -0.4 is 10.0 Å². The van der Waals surface area contributed by atoms with Crippen LogP contribution in [0.3, 0.4) is 0 Å². The van der Waals surface area contributed by atoms with Crippen molar-refractivity contribution in [2.45, 2.75) is 43.7 Å². The molecule has 2 N–H and O–H groups in total. The molecule has 2 rings (SSSR count). The van der Waals surface area contributed by atoms with E-state index < -0.39 is 10.0 Å². The molecule has 1 fully saturated rings. The Labute approximate surface area is 116 Å². The average Bonchev–Trinajstić information content (AvgIpc) is 3.00.